The Morgan fingerprint density at radius 1 is 1.08 bits per heavy atom. The average molecular weight is 169 g/mol. The van der Waals surface area contributed by atoms with Gasteiger partial charge in [0.15, 0.2) is 0 Å². The normalized spacial score (nSPS) is 23.0. The summed E-state index contributed by atoms with van der Waals surface area (Å²) in [5, 5.41) is 0. The minimum absolute atomic E-state index is 0.562. The highest BCUT2D eigenvalue weighted by atomic mass is 15.1. The minimum Gasteiger partial charge on any atom is -0.304 e. The van der Waals surface area contributed by atoms with Gasteiger partial charge >= 0.3 is 0 Å². The van der Waals surface area contributed by atoms with Crippen molar-refractivity contribution in [2.75, 3.05) is 14.1 Å². The molecule has 72 valence electrons. The Morgan fingerprint density at radius 3 is 2.08 bits per heavy atom. The Bertz CT molecular complexity index is 117. The van der Waals surface area contributed by atoms with Crippen molar-refractivity contribution in [3.63, 3.8) is 0 Å². The van der Waals surface area contributed by atoms with Gasteiger partial charge in [0.1, 0.15) is 0 Å². The molecule has 0 bridgehead atoms. The molecule has 0 spiro atoms. The van der Waals surface area contributed by atoms with Gasteiger partial charge in [-0.2, -0.15) is 0 Å². The van der Waals surface area contributed by atoms with Crippen LogP contribution in [0, 0.1) is 0 Å². The van der Waals surface area contributed by atoms with Crippen LogP contribution in [0.3, 0.4) is 0 Å². The fourth-order valence-electron chi connectivity index (χ4n) is 2.60. The molecule has 1 saturated carbocycles. The first-order chi connectivity index (χ1) is 5.71. The smallest absolute Gasteiger partial charge is 0.0203 e. The summed E-state index contributed by atoms with van der Waals surface area (Å²) in [5.74, 6) is 0. The molecule has 1 rings (SSSR count). The Balaban J connectivity index is 2.56. The molecule has 0 heterocycles. The van der Waals surface area contributed by atoms with Gasteiger partial charge in [-0.15, -0.1) is 0 Å². The van der Waals surface area contributed by atoms with Gasteiger partial charge in [-0.3, -0.25) is 0 Å². The first-order valence-corrected chi connectivity index (χ1v) is 5.39. The molecule has 0 amide bonds. The zero-order chi connectivity index (χ0) is 9.03. The van der Waals surface area contributed by atoms with Crippen LogP contribution in [0.15, 0.2) is 0 Å². The van der Waals surface area contributed by atoms with Gasteiger partial charge in [-0.25, -0.2) is 0 Å². The summed E-state index contributed by atoms with van der Waals surface area (Å²) in [7, 11) is 4.50. The number of rotatable bonds is 3. The lowest BCUT2D eigenvalue weighted by molar-refractivity contribution is 0.0896. The molecule has 1 aliphatic carbocycles. The van der Waals surface area contributed by atoms with Crippen LogP contribution in [0.2, 0.25) is 0 Å². The first-order valence-electron chi connectivity index (χ1n) is 5.39. The molecule has 0 unspecified atom stereocenters. The van der Waals surface area contributed by atoms with Gasteiger partial charge in [0.2, 0.25) is 0 Å². The van der Waals surface area contributed by atoms with Crippen molar-refractivity contribution >= 4 is 0 Å². The predicted molar refractivity (Wildman–Crippen MR) is 54.4 cm³/mol. The van der Waals surface area contributed by atoms with Gasteiger partial charge in [0.05, 0.1) is 0 Å². The van der Waals surface area contributed by atoms with Crippen LogP contribution in [-0.4, -0.2) is 24.5 Å². The van der Waals surface area contributed by atoms with E-state index in [0.717, 1.165) is 0 Å². The second-order valence-electron chi connectivity index (χ2n) is 4.43. The predicted octanol–water partition coefficient (Wildman–Crippen LogP) is 3.05. The van der Waals surface area contributed by atoms with Crippen LogP contribution in [0.4, 0.5) is 0 Å². The molecule has 0 atom stereocenters. The van der Waals surface area contributed by atoms with Crippen molar-refractivity contribution in [1.82, 2.24) is 4.90 Å². The van der Waals surface area contributed by atoms with Crippen LogP contribution in [0.25, 0.3) is 0 Å². The Kier molecular flexibility index (Phi) is 3.57. The average Bonchev–Trinajstić information content (AvgIpc) is 2.06. The minimum atomic E-state index is 0.562. The molecule has 0 radical (unpaired) electrons. The summed E-state index contributed by atoms with van der Waals surface area (Å²) in [6.07, 6.45) is 9.91. The first kappa shape index (κ1) is 10.0. The van der Waals surface area contributed by atoms with Gasteiger partial charge in [-0.05, 0) is 33.4 Å². The summed E-state index contributed by atoms with van der Waals surface area (Å²) in [5.41, 5.74) is 0.562. The Morgan fingerprint density at radius 2 is 1.67 bits per heavy atom. The van der Waals surface area contributed by atoms with Crippen molar-refractivity contribution < 1.29 is 0 Å². The van der Waals surface area contributed by atoms with Crippen molar-refractivity contribution in [3.8, 4) is 0 Å². The summed E-state index contributed by atoms with van der Waals surface area (Å²) >= 11 is 0. The largest absolute Gasteiger partial charge is 0.304 e. The summed E-state index contributed by atoms with van der Waals surface area (Å²) in [6.45, 7) is 2.31. The van der Waals surface area contributed by atoms with E-state index in [1.54, 1.807) is 0 Å². The van der Waals surface area contributed by atoms with E-state index in [9.17, 15) is 0 Å². The molecule has 12 heavy (non-hydrogen) atoms. The van der Waals surface area contributed by atoms with Crippen molar-refractivity contribution in [2.45, 2.75) is 57.4 Å². The lowest BCUT2D eigenvalue weighted by Crippen LogP contribution is -2.45. The van der Waals surface area contributed by atoms with Crippen LogP contribution in [0.5, 0.6) is 0 Å². The molecule has 0 N–H and O–H groups in total. The maximum Gasteiger partial charge on any atom is 0.0203 e. The monoisotopic (exact) mass is 169 g/mol. The zero-order valence-corrected chi connectivity index (χ0v) is 8.90. The highest BCUT2D eigenvalue weighted by molar-refractivity contribution is 4.89. The number of hydrogen-bond donors (Lipinski definition) is 0. The van der Waals surface area contributed by atoms with Crippen LogP contribution >= 0.6 is 0 Å². The molecule has 0 aliphatic heterocycles. The second-order valence-corrected chi connectivity index (χ2v) is 4.43. The topological polar surface area (TPSA) is 3.24 Å². The maximum absolute atomic E-state index is 2.47. The fraction of sp³-hybridized carbons (Fsp3) is 1.00. The highest BCUT2D eigenvalue weighted by Crippen LogP contribution is 2.35. The third-order valence-electron chi connectivity index (χ3n) is 3.45. The lowest BCUT2D eigenvalue weighted by Gasteiger charge is -2.43. The molecule has 1 aliphatic rings. The van der Waals surface area contributed by atoms with E-state index in [-0.39, 0.29) is 0 Å². The van der Waals surface area contributed by atoms with E-state index in [0.29, 0.717) is 5.54 Å². The third kappa shape index (κ3) is 2.01. The third-order valence-corrected chi connectivity index (χ3v) is 3.45. The molecule has 0 aromatic heterocycles. The Hall–Kier alpha value is -0.0400. The van der Waals surface area contributed by atoms with Crippen molar-refractivity contribution in [1.29, 1.82) is 0 Å². The second kappa shape index (κ2) is 4.27. The van der Waals surface area contributed by atoms with Crippen molar-refractivity contribution in [2.24, 2.45) is 0 Å². The molecule has 1 heteroatoms. The van der Waals surface area contributed by atoms with E-state index in [1.807, 2.05) is 0 Å². The molecule has 0 saturated heterocycles. The zero-order valence-electron chi connectivity index (χ0n) is 8.90. The van der Waals surface area contributed by atoms with Crippen LogP contribution in [0.1, 0.15) is 51.9 Å². The van der Waals surface area contributed by atoms with E-state index in [4.69, 9.17) is 0 Å². The molecular formula is C11H23N. The molecule has 1 fully saturated rings. The molecular weight excluding hydrogens is 146 g/mol. The molecule has 1 nitrogen and oxygen atoms in total. The van der Waals surface area contributed by atoms with Gasteiger partial charge in [0.25, 0.3) is 0 Å². The number of hydrogen-bond acceptors (Lipinski definition) is 1. The highest BCUT2D eigenvalue weighted by Gasteiger charge is 2.32. The lowest BCUT2D eigenvalue weighted by atomic mass is 9.78. The fourth-order valence-corrected chi connectivity index (χ4v) is 2.60. The summed E-state index contributed by atoms with van der Waals surface area (Å²) < 4.78 is 0. The summed E-state index contributed by atoms with van der Waals surface area (Å²) in [4.78, 5) is 2.47. The standard InChI is InChI=1S/C11H23N/c1-4-8-11(12(2)3)9-6-5-7-10-11/h4-10H2,1-3H3. The van der Waals surface area contributed by atoms with Gasteiger partial charge < -0.3 is 4.90 Å². The van der Waals surface area contributed by atoms with Gasteiger partial charge in [-0.1, -0.05) is 32.6 Å². The van der Waals surface area contributed by atoms with E-state index in [1.165, 1.54) is 44.9 Å². The quantitative estimate of drug-likeness (QED) is 0.627. The van der Waals surface area contributed by atoms with E-state index in [2.05, 4.69) is 25.9 Å². The maximum atomic E-state index is 2.47. The van der Waals surface area contributed by atoms with Crippen molar-refractivity contribution in [3.05, 3.63) is 0 Å². The number of nitrogens with zero attached hydrogens (tertiary/aromatic N) is 1. The Labute approximate surface area is 77.1 Å². The van der Waals surface area contributed by atoms with Gasteiger partial charge in [0, 0.05) is 5.54 Å². The SMILES string of the molecule is CCCC1(N(C)C)CCCCC1. The van der Waals surface area contributed by atoms with E-state index < -0.39 is 0 Å². The molecule has 0 aromatic carbocycles. The van der Waals surface area contributed by atoms with Crippen LogP contribution in [-0.2, 0) is 0 Å². The summed E-state index contributed by atoms with van der Waals surface area (Å²) in [6, 6.07) is 0. The molecule has 0 aromatic rings. The van der Waals surface area contributed by atoms with E-state index >= 15 is 0 Å². The van der Waals surface area contributed by atoms with Crippen LogP contribution < -0.4 is 0 Å².